The van der Waals surface area contributed by atoms with Gasteiger partial charge in [-0.15, -0.1) is 0 Å². The van der Waals surface area contributed by atoms with Gasteiger partial charge in [-0.05, 0) is 45.6 Å². The standard InChI is InChI=1S/C21H41N3O7/c1-5-11-6-7-12(22)19(29-11)30-16-10(2)8-13(23)17(14(16)25)31-20-15(26)18(24-4)21(3,27)9-28-20/h10-20,24-27H,5-9,22-23H2,1-4H3/t10-,11+,12?,13+,14?,15?,16?,17?,18+,19+,20+,21?/m0/s1. The summed E-state index contributed by atoms with van der Waals surface area (Å²) in [7, 11) is 1.65. The minimum absolute atomic E-state index is 0.0300. The number of ether oxygens (including phenoxy) is 4. The Balaban J connectivity index is 1.68. The van der Waals surface area contributed by atoms with E-state index >= 15 is 0 Å². The monoisotopic (exact) mass is 447 g/mol. The van der Waals surface area contributed by atoms with Gasteiger partial charge in [0.15, 0.2) is 12.6 Å². The fourth-order valence-electron chi connectivity index (χ4n) is 5.05. The maximum atomic E-state index is 11.1. The molecule has 0 spiro atoms. The first kappa shape index (κ1) is 25.2. The molecule has 6 unspecified atom stereocenters. The second kappa shape index (κ2) is 10.3. The molecule has 1 saturated carbocycles. The molecule has 3 fully saturated rings. The Kier molecular flexibility index (Phi) is 8.34. The minimum atomic E-state index is -1.26. The van der Waals surface area contributed by atoms with Crippen molar-refractivity contribution >= 4 is 0 Å². The number of likely N-dealkylation sites (N-methyl/N-ethyl adjacent to an activating group) is 1. The van der Waals surface area contributed by atoms with E-state index in [9.17, 15) is 15.3 Å². The van der Waals surface area contributed by atoms with Gasteiger partial charge in [-0.2, -0.15) is 0 Å². The van der Waals surface area contributed by atoms with Crippen molar-refractivity contribution in [2.24, 2.45) is 17.4 Å². The van der Waals surface area contributed by atoms with Crippen molar-refractivity contribution in [1.29, 1.82) is 0 Å². The Bertz CT molecular complexity index is 583. The molecule has 0 radical (unpaired) electrons. The summed E-state index contributed by atoms with van der Waals surface area (Å²) in [6.45, 7) is 5.58. The zero-order valence-electron chi connectivity index (χ0n) is 19.0. The highest BCUT2D eigenvalue weighted by Gasteiger charge is 2.50. The molecular weight excluding hydrogens is 406 g/mol. The predicted octanol–water partition coefficient (Wildman–Crippen LogP) is -1.22. The Morgan fingerprint density at radius 1 is 1.06 bits per heavy atom. The molecule has 8 N–H and O–H groups in total. The molecule has 10 nitrogen and oxygen atoms in total. The van der Waals surface area contributed by atoms with E-state index in [-0.39, 0.29) is 24.7 Å². The lowest BCUT2D eigenvalue weighted by molar-refractivity contribution is -0.309. The van der Waals surface area contributed by atoms with Crippen LogP contribution in [0, 0.1) is 5.92 Å². The van der Waals surface area contributed by atoms with Crippen LogP contribution in [0.2, 0.25) is 0 Å². The second-order valence-electron chi connectivity index (χ2n) is 9.64. The van der Waals surface area contributed by atoms with Crippen LogP contribution in [-0.2, 0) is 18.9 Å². The Labute approximate surface area is 184 Å². The molecule has 3 aliphatic rings. The van der Waals surface area contributed by atoms with E-state index in [1.54, 1.807) is 14.0 Å². The number of aliphatic hydroxyl groups is 3. The summed E-state index contributed by atoms with van der Waals surface area (Å²) >= 11 is 0. The molecule has 0 aromatic carbocycles. The number of aliphatic hydroxyl groups excluding tert-OH is 2. The van der Waals surface area contributed by atoms with Crippen LogP contribution in [0.3, 0.4) is 0 Å². The van der Waals surface area contributed by atoms with Crippen molar-refractivity contribution in [3.63, 3.8) is 0 Å². The third-order valence-corrected chi connectivity index (χ3v) is 6.98. The van der Waals surface area contributed by atoms with Gasteiger partial charge in [0.05, 0.1) is 30.9 Å². The summed E-state index contributed by atoms with van der Waals surface area (Å²) in [5.74, 6) is -0.0364. The molecule has 0 aromatic rings. The lowest BCUT2D eigenvalue weighted by Crippen LogP contribution is -2.67. The molecular formula is C21H41N3O7. The van der Waals surface area contributed by atoms with Crippen molar-refractivity contribution in [1.82, 2.24) is 5.32 Å². The molecule has 2 saturated heterocycles. The average molecular weight is 448 g/mol. The summed E-state index contributed by atoms with van der Waals surface area (Å²) in [5.41, 5.74) is 11.3. The first-order valence-electron chi connectivity index (χ1n) is 11.4. The van der Waals surface area contributed by atoms with Gasteiger partial charge in [-0.25, -0.2) is 0 Å². The lowest BCUT2D eigenvalue weighted by Gasteiger charge is -2.48. The van der Waals surface area contributed by atoms with Gasteiger partial charge >= 0.3 is 0 Å². The van der Waals surface area contributed by atoms with E-state index in [1.807, 2.05) is 6.92 Å². The van der Waals surface area contributed by atoms with E-state index < -0.39 is 54.7 Å². The zero-order chi connectivity index (χ0) is 22.9. The second-order valence-corrected chi connectivity index (χ2v) is 9.64. The first-order valence-corrected chi connectivity index (χ1v) is 11.4. The molecule has 10 heteroatoms. The van der Waals surface area contributed by atoms with Gasteiger partial charge in [-0.1, -0.05) is 13.8 Å². The van der Waals surface area contributed by atoms with Crippen molar-refractivity contribution in [2.45, 2.75) is 113 Å². The van der Waals surface area contributed by atoms with Crippen LogP contribution in [0.15, 0.2) is 0 Å². The molecule has 31 heavy (non-hydrogen) atoms. The zero-order valence-corrected chi connectivity index (χ0v) is 19.0. The molecule has 0 amide bonds. The third-order valence-electron chi connectivity index (χ3n) is 6.98. The van der Waals surface area contributed by atoms with E-state index in [2.05, 4.69) is 12.2 Å². The summed E-state index contributed by atoms with van der Waals surface area (Å²) in [4.78, 5) is 0. The molecule has 2 heterocycles. The number of nitrogens with one attached hydrogen (secondary N) is 1. The number of hydrogen-bond acceptors (Lipinski definition) is 10. The topological polar surface area (TPSA) is 162 Å². The van der Waals surface area contributed by atoms with Gasteiger partial charge in [-0.3, -0.25) is 0 Å². The highest BCUT2D eigenvalue weighted by atomic mass is 16.7. The molecule has 1 aliphatic carbocycles. The van der Waals surface area contributed by atoms with Crippen molar-refractivity contribution < 1.29 is 34.3 Å². The van der Waals surface area contributed by atoms with Crippen LogP contribution >= 0.6 is 0 Å². The molecule has 0 aromatic heterocycles. The van der Waals surface area contributed by atoms with E-state index in [4.69, 9.17) is 30.4 Å². The van der Waals surface area contributed by atoms with Crippen LogP contribution in [0.4, 0.5) is 0 Å². The molecule has 0 bridgehead atoms. The SMILES string of the molecule is CC[C@@H]1CCC(N)[C@@H](OC2C(O)C(O[C@H]3OCC(C)(O)[C@H](NC)C3O)[C@H](N)C[C@@H]2C)O1. The average Bonchev–Trinajstić information content (AvgIpc) is 2.71. The first-order chi connectivity index (χ1) is 14.6. The highest BCUT2D eigenvalue weighted by Crippen LogP contribution is 2.34. The molecule has 182 valence electrons. The summed E-state index contributed by atoms with van der Waals surface area (Å²) in [6.07, 6.45) is -2.03. The Morgan fingerprint density at radius 3 is 2.39 bits per heavy atom. The van der Waals surface area contributed by atoms with Crippen LogP contribution in [0.1, 0.15) is 46.5 Å². The van der Waals surface area contributed by atoms with Gasteiger partial charge < -0.3 is 51.1 Å². The number of nitrogens with two attached hydrogens (primary N) is 2. The van der Waals surface area contributed by atoms with Crippen molar-refractivity contribution in [3.8, 4) is 0 Å². The van der Waals surface area contributed by atoms with Gasteiger partial charge in [0.1, 0.15) is 23.9 Å². The Hall–Kier alpha value is -0.400. The number of rotatable bonds is 6. The minimum Gasteiger partial charge on any atom is -0.388 e. The molecule has 12 atom stereocenters. The third kappa shape index (κ3) is 5.40. The van der Waals surface area contributed by atoms with Crippen molar-refractivity contribution in [2.75, 3.05) is 13.7 Å². The normalized spacial score (nSPS) is 51.6. The number of hydrogen-bond donors (Lipinski definition) is 6. The largest absolute Gasteiger partial charge is 0.388 e. The van der Waals surface area contributed by atoms with E-state index in [0.29, 0.717) is 6.42 Å². The smallest absolute Gasteiger partial charge is 0.185 e. The van der Waals surface area contributed by atoms with Crippen molar-refractivity contribution in [3.05, 3.63) is 0 Å². The lowest BCUT2D eigenvalue weighted by atomic mass is 9.80. The van der Waals surface area contributed by atoms with Gasteiger partial charge in [0, 0.05) is 6.04 Å². The maximum Gasteiger partial charge on any atom is 0.185 e. The summed E-state index contributed by atoms with van der Waals surface area (Å²) < 4.78 is 23.7. The van der Waals surface area contributed by atoms with E-state index in [0.717, 1.165) is 19.3 Å². The quantitative estimate of drug-likeness (QED) is 0.291. The fraction of sp³-hybridized carbons (Fsp3) is 1.00. The van der Waals surface area contributed by atoms with Gasteiger partial charge in [0.25, 0.3) is 0 Å². The van der Waals surface area contributed by atoms with Crippen LogP contribution in [0.5, 0.6) is 0 Å². The summed E-state index contributed by atoms with van der Waals surface area (Å²) in [5, 5.41) is 35.1. The Morgan fingerprint density at radius 2 is 1.74 bits per heavy atom. The maximum absolute atomic E-state index is 11.1. The highest BCUT2D eigenvalue weighted by molar-refractivity contribution is 5.00. The van der Waals surface area contributed by atoms with Crippen LogP contribution in [-0.4, -0.2) is 95.8 Å². The van der Waals surface area contributed by atoms with Gasteiger partial charge in [0.2, 0.25) is 0 Å². The molecule has 2 aliphatic heterocycles. The van der Waals surface area contributed by atoms with Crippen LogP contribution in [0.25, 0.3) is 0 Å². The summed E-state index contributed by atoms with van der Waals surface area (Å²) in [6, 6.07) is -1.39. The molecule has 3 rings (SSSR count). The predicted molar refractivity (Wildman–Crippen MR) is 113 cm³/mol. The van der Waals surface area contributed by atoms with Crippen LogP contribution < -0.4 is 16.8 Å². The van der Waals surface area contributed by atoms with E-state index in [1.165, 1.54) is 0 Å². The fourth-order valence-corrected chi connectivity index (χ4v) is 5.05.